The number of carbonyl (C=O) groups excluding carboxylic acids is 1. The summed E-state index contributed by atoms with van der Waals surface area (Å²) in [4.78, 5) is 14.0. The van der Waals surface area contributed by atoms with Crippen LogP contribution >= 0.6 is 35.0 Å². The number of hydrogen-bond acceptors (Lipinski definition) is 3. The lowest BCUT2D eigenvalue weighted by Gasteiger charge is -2.25. The lowest BCUT2D eigenvalue weighted by Crippen LogP contribution is -2.27. The summed E-state index contributed by atoms with van der Waals surface area (Å²) in [5, 5.41) is 9.79. The quantitative estimate of drug-likeness (QED) is 0.793. The van der Waals surface area contributed by atoms with E-state index in [4.69, 9.17) is 28.5 Å². The molecule has 1 amide bonds. The molecule has 1 saturated heterocycles. The Labute approximate surface area is 142 Å². The molecule has 0 aliphatic carbocycles. The van der Waals surface area contributed by atoms with E-state index in [0.29, 0.717) is 21.4 Å². The molecule has 1 aliphatic heterocycles. The van der Waals surface area contributed by atoms with Gasteiger partial charge in [0.2, 0.25) is 5.91 Å². The van der Waals surface area contributed by atoms with Crippen LogP contribution in [0.4, 0.5) is 5.69 Å². The van der Waals surface area contributed by atoms with E-state index in [2.05, 4.69) is 6.07 Å². The van der Waals surface area contributed by atoms with E-state index in [1.54, 1.807) is 41.3 Å². The predicted octanol–water partition coefficient (Wildman–Crippen LogP) is 4.64. The van der Waals surface area contributed by atoms with E-state index in [0.717, 1.165) is 11.3 Å². The summed E-state index contributed by atoms with van der Waals surface area (Å²) in [7, 11) is 0. The number of thioether (sulfide) groups is 1. The van der Waals surface area contributed by atoms with Gasteiger partial charge >= 0.3 is 0 Å². The smallest absolute Gasteiger partial charge is 0.238 e. The third kappa shape index (κ3) is 2.80. The molecular formula is C16H10Cl2N2OS. The van der Waals surface area contributed by atoms with E-state index >= 15 is 0 Å². The molecule has 1 aliphatic rings. The molecule has 0 aromatic heterocycles. The van der Waals surface area contributed by atoms with E-state index < -0.39 is 0 Å². The van der Waals surface area contributed by atoms with Gasteiger partial charge in [-0.05, 0) is 36.4 Å². The Bertz CT molecular complexity index is 771. The lowest BCUT2D eigenvalue weighted by atomic mass is 10.1. The topological polar surface area (TPSA) is 44.1 Å². The van der Waals surface area contributed by atoms with Gasteiger partial charge in [0.15, 0.2) is 0 Å². The molecule has 1 heterocycles. The van der Waals surface area contributed by atoms with E-state index in [9.17, 15) is 4.79 Å². The number of nitriles is 1. The molecular weight excluding hydrogens is 339 g/mol. The first kappa shape index (κ1) is 15.2. The van der Waals surface area contributed by atoms with Crippen LogP contribution in [0.15, 0.2) is 42.5 Å². The van der Waals surface area contributed by atoms with Crippen molar-refractivity contribution in [2.45, 2.75) is 5.37 Å². The average molecular weight is 349 g/mol. The Morgan fingerprint density at radius 2 is 1.91 bits per heavy atom. The van der Waals surface area contributed by atoms with Gasteiger partial charge < -0.3 is 0 Å². The Morgan fingerprint density at radius 3 is 2.55 bits per heavy atom. The summed E-state index contributed by atoms with van der Waals surface area (Å²) in [5.41, 5.74) is 2.17. The SMILES string of the molecule is N#Cc1ccc(N2C(=O)CSC2c2ccc(Cl)cc2Cl)cc1. The monoisotopic (exact) mass is 348 g/mol. The molecule has 2 aromatic rings. The summed E-state index contributed by atoms with van der Waals surface area (Å²) in [6.45, 7) is 0. The molecule has 3 nitrogen and oxygen atoms in total. The van der Waals surface area contributed by atoms with Crippen molar-refractivity contribution in [1.82, 2.24) is 0 Å². The minimum Gasteiger partial charge on any atom is -0.295 e. The van der Waals surface area contributed by atoms with Crippen molar-refractivity contribution in [2.75, 3.05) is 10.7 Å². The fraction of sp³-hybridized carbons (Fsp3) is 0.125. The molecule has 1 fully saturated rings. The molecule has 0 bridgehead atoms. The van der Waals surface area contributed by atoms with E-state index in [-0.39, 0.29) is 11.3 Å². The number of anilines is 1. The molecule has 0 N–H and O–H groups in total. The average Bonchev–Trinajstić information content (AvgIpc) is 2.89. The lowest BCUT2D eigenvalue weighted by molar-refractivity contribution is -0.115. The van der Waals surface area contributed by atoms with Gasteiger partial charge in [0.1, 0.15) is 5.37 Å². The van der Waals surface area contributed by atoms with Crippen LogP contribution in [0.25, 0.3) is 0 Å². The first-order valence-corrected chi connectivity index (χ1v) is 8.29. The van der Waals surface area contributed by atoms with Gasteiger partial charge in [0, 0.05) is 21.3 Å². The Balaban J connectivity index is 2.00. The fourth-order valence-electron chi connectivity index (χ4n) is 2.33. The van der Waals surface area contributed by atoms with Gasteiger partial charge in [0.05, 0.1) is 17.4 Å². The van der Waals surface area contributed by atoms with Gasteiger partial charge in [0.25, 0.3) is 0 Å². The zero-order valence-corrected chi connectivity index (χ0v) is 13.6. The normalized spacial score (nSPS) is 17.6. The van der Waals surface area contributed by atoms with Crippen LogP contribution in [-0.2, 0) is 4.79 Å². The first-order valence-electron chi connectivity index (χ1n) is 6.49. The van der Waals surface area contributed by atoms with Gasteiger partial charge in [-0.15, -0.1) is 11.8 Å². The summed E-state index contributed by atoms with van der Waals surface area (Å²) in [6, 6.07) is 14.3. The third-order valence-electron chi connectivity index (χ3n) is 3.37. The highest BCUT2D eigenvalue weighted by Crippen LogP contribution is 2.44. The molecule has 22 heavy (non-hydrogen) atoms. The molecule has 0 radical (unpaired) electrons. The van der Waals surface area contributed by atoms with Crippen molar-refractivity contribution in [3.63, 3.8) is 0 Å². The standard InChI is InChI=1S/C16H10Cl2N2OS/c17-11-3-6-13(14(18)7-11)16-20(15(21)9-22-16)12-4-1-10(8-19)2-5-12/h1-7,16H,9H2. The van der Waals surface area contributed by atoms with Crippen LogP contribution in [0.3, 0.4) is 0 Å². The highest BCUT2D eigenvalue weighted by Gasteiger charge is 2.35. The number of carbonyl (C=O) groups is 1. The number of hydrogen-bond donors (Lipinski definition) is 0. The Morgan fingerprint density at radius 1 is 1.18 bits per heavy atom. The van der Waals surface area contributed by atoms with Gasteiger partial charge in [-0.3, -0.25) is 9.69 Å². The maximum atomic E-state index is 12.3. The molecule has 110 valence electrons. The third-order valence-corrected chi connectivity index (χ3v) is 5.13. The van der Waals surface area contributed by atoms with Crippen LogP contribution in [0.1, 0.15) is 16.5 Å². The van der Waals surface area contributed by atoms with Crippen LogP contribution < -0.4 is 4.90 Å². The Kier molecular flexibility index (Phi) is 4.30. The summed E-state index contributed by atoms with van der Waals surface area (Å²) in [5.74, 6) is 0.412. The van der Waals surface area contributed by atoms with Crippen molar-refractivity contribution in [3.8, 4) is 6.07 Å². The highest BCUT2D eigenvalue weighted by atomic mass is 35.5. The minimum absolute atomic E-state index is 0.0192. The molecule has 6 heteroatoms. The second kappa shape index (κ2) is 6.21. The van der Waals surface area contributed by atoms with Gasteiger partial charge in [-0.25, -0.2) is 0 Å². The minimum atomic E-state index is -0.190. The predicted molar refractivity (Wildman–Crippen MR) is 90.3 cm³/mol. The van der Waals surface area contributed by atoms with Crippen LogP contribution in [0.2, 0.25) is 10.0 Å². The zero-order valence-electron chi connectivity index (χ0n) is 11.3. The molecule has 2 aromatic carbocycles. The summed E-state index contributed by atoms with van der Waals surface area (Å²) >= 11 is 13.7. The van der Waals surface area contributed by atoms with Crippen molar-refractivity contribution < 1.29 is 4.79 Å². The molecule has 1 atom stereocenters. The van der Waals surface area contributed by atoms with Crippen molar-refractivity contribution >= 4 is 46.6 Å². The fourth-order valence-corrected chi connectivity index (χ4v) is 4.12. The summed E-state index contributed by atoms with van der Waals surface area (Å²) < 4.78 is 0. The number of halogens is 2. The molecule has 0 saturated carbocycles. The first-order chi connectivity index (χ1) is 10.6. The second-order valence-corrected chi connectivity index (χ2v) is 6.66. The number of nitrogens with zero attached hydrogens (tertiary/aromatic N) is 2. The van der Waals surface area contributed by atoms with E-state index in [1.165, 1.54) is 11.8 Å². The highest BCUT2D eigenvalue weighted by molar-refractivity contribution is 8.00. The maximum Gasteiger partial charge on any atom is 0.238 e. The van der Waals surface area contributed by atoms with Gasteiger partial charge in [-0.2, -0.15) is 5.26 Å². The molecule has 1 unspecified atom stereocenters. The Hall–Kier alpha value is -1.67. The van der Waals surface area contributed by atoms with E-state index in [1.807, 2.05) is 6.07 Å². The maximum absolute atomic E-state index is 12.3. The van der Waals surface area contributed by atoms with Crippen molar-refractivity contribution in [1.29, 1.82) is 5.26 Å². The van der Waals surface area contributed by atoms with Crippen LogP contribution in [0, 0.1) is 11.3 Å². The van der Waals surface area contributed by atoms with Gasteiger partial charge in [-0.1, -0.05) is 29.3 Å². The zero-order chi connectivity index (χ0) is 15.7. The van der Waals surface area contributed by atoms with Crippen LogP contribution in [-0.4, -0.2) is 11.7 Å². The molecule has 0 spiro atoms. The van der Waals surface area contributed by atoms with Crippen molar-refractivity contribution in [3.05, 3.63) is 63.6 Å². The second-order valence-electron chi connectivity index (χ2n) is 4.75. The number of amides is 1. The van der Waals surface area contributed by atoms with Crippen LogP contribution in [0.5, 0.6) is 0 Å². The number of benzene rings is 2. The van der Waals surface area contributed by atoms with Crippen molar-refractivity contribution in [2.24, 2.45) is 0 Å². The molecule has 3 rings (SSSR count). The summed E-state index contributed by atoms with van der Waals surface area (Å²) in [6.07, 6.45) is 0. The largest absolute Gasteiger partial charge is 0.295 e. The number of rotatable bonds is 2.